The van der Waals surface area contributed by atoms with Gasteiger partial charge in [0.15, 0.2) is 0 Å². The van der Waals surface area contributed by atoms with Gasteiger partial charge >= 0.3 is 0 Å². The molecule has 0 radical (unpaired) electrons. The van der Waals surface area contributed by atoms with E-state index in [1.54, 1.807) is 0 Å². The third-order valence-electron chi connectivity index (χ3n) is 5.24. The summed E-state index contributed by atoms with van der Waals surface area (Å²) in [6, 6.07) is 0. The summed E-state index contributed by atoms with van der Waals surface area (Å²) in [7, 11) is 0. The molecular formula is C11H19I. The molecule has 2 rings (SSSR count). The molecule has 2 aliphatic carbocycles. The SMILES string of the molecule is CC12CCC(C1)C(C)(I)C2(C)C. The van der Waals surface area contributed by atoms with Gasteiger partial charge in [-0.05, 0) is 42.9 Å². The second-order valence-corrected chi connectivity index (χ2v) is 7.94. The summed E-state index contributed by atoms with van der Waals surface area (Å²) in [4.78, 5) is 0. The first kappa shape index (κ1) is 9.29. The highest BCUT2D eigenvalue weighted by Crippen LogP contribution is 2.71. The average molecular weight is 278 g/mol. The number of hydrogen-bond acceptors (Lipinski definition) is 0. The summed E-state index contributed by atoms with van der Waals surface area (Å²) in [5, 5.41) is 0. The molecule has 0 spiro atoms. The zero-order valence-electron chi connectivity index (χ0n) is 8.58. The van der Waals surface area contributed by atoms with E-state index in [9.17, 15) is 0 Å². The molecule has 2 fully saturated rings. The van der Waals surface area contributed by atoms with Crippen LogP contribution in [0.3, 0.4) is 0 Å². The zero-order chi connectivity index (χ0) is 9.20. The molecule has 3 unspecified atom stereocenters. The van der Waals surface area contributed by atoms with Crippen molar-refractivity contribution in [2.75, 3.05) is 0 Å². The van der Waals surface area contributed by atoms with Gasteiger partial charge in [0.2, 0.25) is 0 Å². The Labute approximate surface area is 89.6 Å². The molecule has 2 aliphatic rings. The maximum absolute atomic E-state index is 2.71. The van der Waals surface area contributed by atoms with Gasteiger partial charge in [0, 0.05) is 3.42 Å². The molecule has 0 N–H and O–H groups in total. The molecule has 2 bridgehead atoms. The van der Waals surface area contributed by atoms with Crippen molar-refractivity contribution in [2.45, 2.75) is 50.4 Å². The van der Waals surface area contributed by atoms with Gasteiger partial charge in [-0.1, -0.05) is 43.4 Å². The third kappa shape index (κ3) is 0.796. The summed E-state index contributed by atoms with van der Waals surface area (Å²) in [6.45, 7) is 9.90. The van der Waals surface area contributed by atoms with Gasteiger partial charge in [-0.2, -0.15) is 0 Å². The van der Waals surface area contributed by atoms with Crippen LogP contribution in [0.4, 0.5) is 0 Å². The van der Waals surface area contributed by atoms with Crippen LogP contribution in [0.15, 0.2) is 0 Å². The Morgan fingerprint density at radius 3 is 2.00 bits per heavy atom. The molecule has 70 valence electrons. The molecule has 0 nitrogen and oxygen atoms in total. The molecule has 2 saturated carbocycles. The van der Waals surface area contributed by atoms with Crippen molar-refractivity contribution in [1.29, 1.82) is 0 Å². The Morgan fingerprint density at radius 1 is 1.17 bits per heavy atom. The summed E-state index contributed by atoms with van der Waals surface area (Å²) in [5.41, 5.74) is 1.16. The van der Waals surface area contributed by atoms with Crippen LogP contribution >= 0.6 is 22.6 Å². The van der Waals surface area contributed by atoms with Crippen LogP contribution in [0.1, 0.15) is 47.0 Å². The van der Waals surface area contributed by atoms with Crippen LogP contribution < -0.4 is 0 Å². The number of fused-ring (bicyclic) bond motifs is 2. The molecule has 12 heavy (non-hydrogen) atoms. The van der Waals surface area contributed by atoms with Crippen LogP contribution in [0.2, 0.25) is 0 Å². The molecular weight excluding hydrogens is 259 g/mol. The molecule has 0 aromatic carbocycles. The van der Waals surface area contributed by atoms with E-state index in [1.807, 2.05) is 0 Å². The first-order valence-corrected chi connectivity index (χ1v) is 6.08. The van der Waals surface area contributed by atoms with Gasteiger partial charge in [0.05, 0.1) is 0 Å². The van der Waals surface area contributed by atoms with Crippen molar-refractivity contribution in [3.8, 4) is 0 Å². The minimum absolute atomic E-state index is 0.531. The second kappa shape index (κ2) is 2.21. The fraction of sp³-hybridized carbons (Fsp3) is 1.00. The highest BCUT2D eigenvalue weighted by molar-refractivity contribution is 14.1. The van der Waals surface area contributed by atoms with Crippen molar-refractivity contribution in [1.82, 2.24) is 0 Å². The fourth-order valence-electron chi connectivity index (χ4n) is 3.37. The van der Waals surface area contributed by atoms with Gasteiger partial charge in [-0.15, -0.1) is 0 Å². The number of alkyl halides is 1. The first-order chi connectivity index (χ1) is 5.31. The monoisotopic (exact) mass is 278 g/mol. The van der Waals surface area contributed by atoms with E-state index in [-0.39, 0.29) is 0 Å². The van der Waals surface area contributed by atoms with Crippen molar-refractivity contribution >= 4 is 22.6 Å². The van der Waals surface area contributed by atoms with Crippen LogP contribution in [0.5, 0.6) is 0 Å². The molecule has 0 aromatic heterocycles. The topological polar surface area (TPSA) is 0 Å². The Hall–Kier alpha value is 0.730. The lowest BCUT2D eigenvalue weighted by Gasteiger charge is -2.48. The average Bonchev–Trinajstić information content (AvgIpc) is 2.36. The van der Waals surface area contributed by atoms with Gasteiger partial charge in [0.25, 0.3) is 0 Å². The predicted octanol–water partition coefficient (Wildman–Crippen LogP) is 4.03. The highest BCUT2D eigenvalue weighted by atomic mass is 127. The van der Waals surface area contributed by atoms with E-state index >= 15 is 0 Å². The molecule has 0 amide bonds. The minimum atomic E-state index is 0.531. The van der Waals surface area contributed by atoms with Crippen LogP contribution in [0.25, 0.3) is 0 Å². The first-order valence-electron chi connectivity index (χ1n) is 5.00. The van der Waals surface area contributed by atoms with E-state index in [1.165, 1.54) is 19.3 Å². The quantitative estimate of drug-likeness (QED) is 0.463. The van der Waals surface area contributed by atoms with Crippen LogP contribution in [-0.4, -0.2) is 3.42 Å². The summed E-state index contributed by atoms with van der Waals surface area (Å²) >= 11 is 2.71. The Balaban J connectivity index is 2.46. The maximum atomic E-state index is 2.71. The highest BCUT2D eigenvalue weighted by Gasteiger charge is 2.64. The van der Waals surface area contributed by atoms with Crippen LogP contribution in [-0.2, 0) is 0 Å². The lowest BCUT2D eigenvalue weighted by molar-refractivity contribution is 0.0885. The normalized spacial score (nSPS) is 56.2. The van der Waals surface area contributed by atoms with E-state index in [0.29, 0.717) is 14.3 Å². The summed E-state index contributed by atoms with van der Waals surface area (Å²) < 4.78 is 0.539. The molecule has 0 aliphatic heterocycles. The van der Waals surface area contributed by atoms with Gasteiger partial charge < -0.3 is 0 Å². The van der Waals surface area contributed by atoms with Gasteiger partial charge in [-0.3, -0.25) is 0 Å². The lowest BCUT2D eigenvalue weighted by atomic mass is 9.62. The van der Waals surface area contributed by atoms with Crippen molar-refractivity contribution in [3.05, 3.63) is 0 Å². The molecule has 1 heteroatoms. The summed E-state index contributed by atoms with van der Waals surface area (Å²) in [5.74, 6) is 0.984. The second-order valence-electron chi connectivity index (χ2n) is 5.70. The van der Waals surface area contributed by atoms with Crippen molar-refractivity contribution in [2.24, 2.45) is 16.7 Å². The number of rotatable bonds is 0. The standard InChI is InChI=1S/C11H19I/c1-9(2)10(3)6-5-8(7-10)11(9,4)12/h8H,5-7H2,1-4H3. The number of hydrogen-bond donors (Lipinski definition) is 0. The summed E-state index contributed by atoms with van der Waals surface area (Å²) in [6.07, 6.45) is 4.40. The van der Waals surface area contributed by atoms with E-state index in [2.05, 4.69) is 50.3 Å². The molecule has 0 saturated heterocycles. The van der Waals surface area contributed by atoms with Crippen molar-refractivity contribution < 1.29 is 0 Å². The zero-order valence-corrected chi connectivity index (χ0v) is 10.7. The Morgan fingerprint density at radius 2 is 1.75 bits per heavy atom. The largest absolute Gasteiger partial charge is 0.0783 e. The minimum Gasteiger partial charge on any atom is -0.0783 e. The number of halogens is 1. The Bertz CT molecular complexity index is 210. The lowest BCUT2D eigenvalue weighted by Crippen LogP contribution is -2.45. The van der Waals surface area contributed by atoms with Gasteiger partial charge in [0.1, 0.15) is 0 Å². The molecule has 3 atom stereocenters. The van der Waals surface area contributed by atoms with Crippen LogP contribution in [0, 0.1) is 16.7 Å². The van der Waals surface area contributed by atoms with Gasteiger partial charge in [-0.25, -0.2) is 0 Å². The molecule has 0 aromatic rings. The maximum Gasteiger partial charge on any atom is 0.0278 e. The Kier molecular flexibility index (Phi) is 1.71. The van der Waals surface area contributed by atoms with Crippen molar-refractivity contribution in [3.63, 3.8) is 0 Å². The third-order valence-corrected chi connectivity index (χ3v) is 7.47. The fourth-order valence-corrected chi connectivity index (χ4v) is 4.55. The predicted molar refractivity (Wildman–Crippen MR) is 61.7 cm³/mol. The molecule has 0 heterocycles. The van der Waals surface area contributed by atoms with E-state index in [0.717, 1.165) is 5.92 Å². The smallest absolute Gasteiger partial charge is 0.0278 e. The van der Waals surface area contributed by atoms with E-state index < -0.39 is 0 Å². The van der Waals surface area contributed by atoms with E-state index in [4.69, 9.17) is 0 Å².